The van der Waals surface area contributed by atoms with E-state index in [1.54, 1.807) is 0 Å². The van der Waals surface area contributed by atoms with Crippen LogP contribution in [0.1, 0.15) is 25.7 Å². The normalized spacial score (nSPS) is 18.6. The van der Waals surface area contributed by atoms with Gasteiger partial charge in [-0.25, -0.2) is 0 Å². The van der Waals surface area contributed by atoms with Crippen LogP contribution in [0.3, 0.4) is 0 Å². The lowest BCUT2D eigenvalue weighted by Crippen LogP contribution is -2.31. The SMILES string of the molecule is CN1CCC(Sc2ccc(N)cc2)CC1.CN1CCC(Sc2ccc(NC=O)cc2)CC1. The quantitative estimate of drug-likeness (QED) is 0.461. The maximum Gasteiger partial charge on any atom is 0.211 e. The lowest BCUT2D eigenvalue weighted by atomic mass is 10.1. The number of nitrogens with zero attached hydrogens (tertiary/aromatic N) is 2. The predicted octanol–water partition coefficient (Wildman–Crippen LogP) is 4.90. The van der Waals surface area contributed by atoms with Crippen LogP contribution < -0.4 is 11.1 Å². The zero-order chi connectivity index (χ0) is 22.8. The molecule has 2 fully saturated rings. The van der Waals surface area contributed by atoms with Gasteiger partial charge in [0, 0.05) is 31.7 Å². The highest BCUT2D eigenvalue weighted by atomic mass is 32.2. The second kappa shape index (κ2) is 13.1. The summed E-state index contributed by atoms with van der Waals surface area (Å²) in [6.07, 6.45) is 5.82. The Morgan fingerprint density at radius 1 is 0.781 bits per heavy atom. The second-order valence-corrected chi connectivity index (χ2v) is 11.3. The average Bonchev–Trinajstić information content (AvgIpc) is 2.80. The summed E-state index contributed by atoms with van der Waals surface area (Å²) < 4.78 is 0. The summed E-state index contributed by atoms with van der Waals surface area (Å²) in [6, 6.07) is 16.3. The molecule has 3 N–H and O–H groups in total. The van der Waals surface area contributed by atoms with Crippen LogP contribution in [-0.4, -0.2) is 67.0 Å². The van der Waals surface area contributed by atoms with E-state index in [1.807, 2.05) is 47.8 Å². The molecule has 174 valence electrons. The fourth-order valence-electron chi connectivity index (χ4n) is 3.83. The molecule has 7 heteroatoms. The first-order chi connectivity index (χ1) is 15.5. The zero-order valence-corrected chi connectivity index (χ0v) is 20.8. The molecule has 2 saturated heterocycles. The first-order valence-electron chi connectivity index (χ1n) is 11.4. The largest absolute Gasteiger partial charge is 0.399 e. The molecule has 0 radical (unpaired) electrons. The number of piperidine rings is 2. The highest BCUT2D eigenvalue weighted by Gasteiger charge is 2.18. The summed E-state index contributed by atoms with van der Waals surface area (Å²) >= 11 is 3.94. The fourth-order valence-corrected chi connectivity index (χ4v) is 6.08. The van der Waals surface area contributed by atoms with Gasteiger partial charge in [0.05, 0.1) is 0 Å². The van der Waals surface area contributed by atoms with Crippen LogP contribution in [0.5, 0.6) is 0 Å². The van der Waals surface area contributed by atoms with Crippen molar-refractivity contribution in [3.8, 4) is 0 Å². The van der Waals surface area contributed by atoms with Crippen LogP contribution in [0.15, 0.2) is 58.3 Å². The van der Waals surface area contributed by atoms with Gasteiger partial charge in [-0.3, -0.25) is 4.79 Å². The van der Waals surface area contributed by atoms with Crippen molar-refractivity contribution in [2.45, 2.75) is 46.0 Å². The molecule has 2 aliphatic rings. The number of benzene rings is 2. The number of amides is 1. The van der Waals surface area contributed by atoms with Crippen LogP contribution in [0, 0.1) is 0 Å². The fraction of sp³-hybridized carbons (Fsp3) is 0.480. The molecule has 0 unspecified atom stereocenters. The molecule has 32 heavy (non-hydrogen) atoms. The number of hydrogen-bond donors (Lipinski definition) is 2. The Bertz CT molecular complexity index is 800. The first kappa shape index (κ1) is 25.0. The number of carbonyl (C=O) groups excluding carboxylic acids is 1. The van der Waals surface area contributed by atoms with Gasteiger partial charge in [0.1, 0.15) is 0 Å². The molecular formula is C25H36N4OS2. The Balaban J connectivity index is 0.000000182. The molecule has 0 aliphatic carbocycles. The molecule has 0 spiro atoms. The van der Waals surface area contributed by atoms with Gasteiger partial charge >= 0.3 is 0 Å². The van der Waals surface area contributed by atoms with Gasteiger partial charge in [0.2, 0.25) is 6.41 Å². The number of anilines is 2. The number of carbonyl (C=O) groups is 1. The van der Waals surface area contributed by atoms with Gasteiger partial charge in [-0.1, -0.05) is 0 Å². The Hall–Kier alpha value is -1.67. The average molecular weight is 473 g/mol. The van der Waals surface area contributed by atoms with E-state index in [2.05, 4.69) is 53.5 Å². The molecular weight excluding hydrogens is 436 g/mol. The molecule has 2 aliphatic heterocycles. The Kier molecular flexibility index (Phi) is 10.2. The van der Waals surface area contributed by atoms with Crippen LogP contribution in [0.25, 0.3) is 0 Å². The zero-order valence-electron chi connectivity index (χ0n) is 19.2. The number of nitrogen functional groups attached to an aromatic ring is 1. The molecule has 0 aromatic heterocycles. The van der Waals surface area contributed by atoms with E-state index in [9.17, 15) is 4.79 Å². The predicted molar refractivity (Wildman–Crippen MR) is 140 cm³/mol. The van der Waals surface area contributed by atoms with Crippen molar-refractivity contribution in [1.29, 1.82) is 0 Å². The van der Waals surface area contributed by atoms with Crippen LogP contribution >= 0.6 is 23.5 Å². The number of thioether (sulfide) groups is 2. The van der Waals surface area contributed by atoms with Gasteiger partial charge in [-0.05, 0) is 114 Å². The molecule has 2 aromatic rings. The number of hydrogen-bond acceptors (Lipinski definition) is 6. The number of rotatable bonds is 6. The summed E-state index contributed by atoms with van der Waals surface area (Å²) in [6.45, 7) is 4.85. The van der Waals surface area contributed by atoms with Crippen molar-refractivity contribution in [3.63, 3.8) is 0 Å². The van der Waals surface area contributed by atoms with Crippen LogP contribution in [0.4, 0.5) is 11.4 Å². The third-order valence-corrected chi connectivity index (χ3v) is 8.59. The molecule has 2 heterocycles. The van der Waals surface area contributed by atoms with E-state index in [-0.39, 0.29) is 0 Å². The minimum absolute atomic E-state index is 0.707. The Labute approximate surface area is 201 Å². The number of nitrogens with two attached hydrogens (primary N) is 1. The lowest BCUT2D eigenvalue weighted by Gasteiger charge is -2.28. The molecule has 5 nitrogen and oxygen atoms in total. The summed E-state index contributed by atoms with van der Waals surface area (Å²) in [4.78, 5) is 17.7. The smallest absolute Gasteiger partial charge is 0.211 e. The minimum Gasteiger partial charge on any atom is -0.399 e. The summed E-state index contributed by atoms with van der Waals surface area (Å²) in [5, 5.41) is 4.16. The van der Waals surface area contributed by atoms with Crippen molar-refractivity contribution in [2.24, 2.45) is 0 Å². The van der Waals surface area contributed by atoms with E-state index in [4.69, 9.17) is 5.73 Å². The van der Waals surface area contributed by atoms with Crippen molar-refractivity contribution in [3.05, 3.63) is 48.5 Å². The number of nitrogens with one attached hydrogen (secondary N) is 1. The van der Waals surface area contributed by atoms with E-state index >= 15 is 0 Å². The second-order valence-electron chi connectivity index (χ2n) is 8.60. The maximum absolute atomic E-state index is 10.3. The van der Waals surface area contributed by atoms with Gasteiger partial charge in [-0.15, -0.1) is 23.5 Å². The Morgan fingerprint density at radius 3 is 1.59 bits per heavy atom. The van der Waals surface area contributed by atoms with Crippen LogP contribution in [-0.2, 0) is 4.79 Å². The first-order valence-corrected chi connectivity index (χ1v) is 13.1. The highest BCUT2D eigenvalue weighted by Crippen LogP contribution is 2.31. The van der Waals surface area contributed by atoms with E-state index < -0.39 is 0 Å². The summed E-state index contributed by atoms with van der Waals surface area (Å²) in [7, 11) is 4.38. The molecule has 2 aromatic carbocycles. The number of likely N-dealkylation sites (tertiary alicyclic amines) is 2. The minimum atomic E-state index is 0.707. The standard InChI is InChI=1S/C13H18N2OS.C12H18N2S/c1-15-8-6-13(7-9-15)17-12-4-2-11(3-5-12)14-10-16;1-14-8-6-12(7-9-14)15-11-4-2-10(13)3-5-11/h2-5,10,13H,6-9H2,1H3,(H,14,16);2-5,12H,6-9,13H2,1H3. The van der Waals surface area contributed by atoms with E-state index in [0.717, 1.165) is 21.9 Å². The topological polar surface area (TPSA) is 61.6 Å². The Morgan fingerprint density at radius 2 is 1.19 bits per heavy atom. The van der Waals surface area contributed by atoms with Crippen molar-refractivity contribution >= 4 is 41.3 Å². The summed E-state index contributed by atoms with van der Waals surface area (Å²) in [5.41, 5.74) is 7.37. The molecule has 4 rings (SSSR count). The monoisotopic (exact) mass is 472 g/mol. The molecule has 0 saturated carbocycles. The third-order valence-electron chi connectivity index (χ3n) is 5.90. The lowest BCUT2D eigenvalue weighted by molar-refractivity contribution is -0.105. The van der Waals surface area contributed by atoms with Gasteiger partial charge in [0.25, 0.3) is 0 Å². The summed E-state index contributed by atoms with van der Waals surface area (Å²) in [5.74, 6) is 0. The third kappa shape index (κ3) is 8.70. The molecule has 1 amide bonds. The highest BCUT2D eigenvalue weighted by molar-refractivity contribution is 8.00. The van der Waals surface area contributed by atoms with Crippen molar-refractivity contribution in [2.75, 3.05) is 51.3 Å². The van der Waals surface area contributed by atoms with Gasteiger partial charge < -0.3 is 20.9 Å². The van der Waals surface area contributed by atoms with Crippen molar-refractivity contribution < 1.29 is 4.79 Å². The molecule has 0 atom stereocenters. The van der Waals surface area contributed by atoms with Gasteiger partial charge in [0.15, 0.2) is 0 Å². The van der Waals surface area contributed by atoms with Gasteiger partial charge in [-0.2, -0.15) is 0 Å². The maximum atomic E-state index is 10.3. The van der Waals surface area contributed by atoms with E-state index in [1.165, 1.54) is 61.7 Å². The van der Waals surface area contributed by atoms with Crippen molar-refractivity contribution in [1.82, 2.24) is 9.80 Å². The molecule has 0 bridgehead atoms. The van der Waals surface area contributed by atoms with Crippen LogP contribution in [0.2, 0.25) is 0 Å². The van der Waals surface area contributed by atoms with E-state index in [0.29, 0.717) is 6.41 Å².